The van der Waals surface area contributed by atoms with Crippen LogP contribution in [-0.4, -0.2) is 26.4 Å². The van der Waals surface area contributed by atoms with E-state index in [-0.39, 0.29) is 12.6 Å². The Morgan fingerprint density at radius 2 is 2.10 bits per heavy atom. The minimum Gasteiger partial charge on any atom is -0.459 e. The molecule has 0 saturated heterocycles. The number of benzene rings is 1. The standard InChI is InChI=1S/C15H18F3NO2/c1-10-4-3-5-11-8-13(21-14(10)11)12(19-2)6-7-20-9-15(16,17)18/h3-5,8,12,19H,6-7,9H2,1-2H3. The maximum absolute atomic E-state index is 12.0. The number of fused-ring (bicyclic) bond motifs is 1. The van der Waals surface area contributed by atoms with Crippen LogP contribution in [0.25, 0.3) is 11.0 Å². The monoisotopic (exact) mass is 301 g/mol. The summed E-state index contributed by atoms with van der Waals surface area (Å²) in [6, 6.07) is 7.58. The molecule has 0 aliphatic heterocycles. The van der Waals surface area contributed by atoms with E-state index in [2.05, 4.69) is 10.1 Å². The largest absolute Gasteiger partial charge is 0.459 e. The first-order valence-corrected chi connectivity index (χ1v) is 6.71. The Morgan fingerprint density at radius 1 is 1.33 bits per heavy atom. The van der Waals surface area contributed by atoms with Crippen LogP contribution in [0.2, 0.25) is 0 Å². The predicted octanol–water partition coefficient (Wildman–Crippen LogP) is 3.97. The average Bonchev–Trinajstić information content (AvgIpc) is 2.83. The molecule has 1 aromatic carbocycles. The van der Waals surface area contributed by atoms with E-state index in [0.29, 0.717) is 12.2 Å². The van der Waals surface area contributed by atoms with Crippen molar-refractivity contribution in [3.8, 4) is 0 Å². The molecule has 1 N–H and O–H groups in total. The molecule has 0 aliphatic carbocycles. The van der Waals surface area contributed by atoms with Gasteiger partial charge in [0.2, 0.25) is 0 Å². The van der Waals surface area contributed by atoms with Gasteiger partial charge in [0.05, 0.1) is 6.04 Å². The Balaban J connectivity index is 2.01. The fraction of sp³-hybridized carbons (Fsp3) is 0.467. The lowest BCUT2D eigenvalue weighted by Gasteiger charge is -2.14. The van der Waals surface area contributed by atoms with Crippen LogP contribution in [-0.2, 0) is 4.74 Å². The van der Waals surface area contributed by atoms with Crippen LogP contribution >= 0.6 is 0 Å². The summed E-state index contributed by atoms with van der Waals surface area (Å²) >= 11 is 0. The number of nitrogens with one attached hydrogen (secondary N) is 1. The number of hydrogen-bond acceptors (Lipinski definition) is 3. The lowest BCUT2D eigenvalue weighted by molar-refractivity contribution is -0.174. The van der Waals surface area contributed by atoms with E-state index in [1.807, 2.05) is 31.2 Å². The van der Waals surface area contributed by atoms with E-state index in [1.165, 1.54) is 0 Å². The zero-order valence-corrected chi connectivity index (χ0v) is 12.0. The lowest BCUT2D eigenvalue weighted by atomic mass is 10.1. The van der Waals surface area contributed by atoms with Crippen molar-refractivity contribution >= 4 is 11.0 Å². The molecule has 21 heavy (non-hydrogen) atoms. The summed E-state index contributed by atoms with van der Waals surface area (Å²) in [4.78, 5) is 0. The summed E-state index contributed by atoms with van der Waals surface area (Å²) in [6.07, 6.45) is -3.88. The van der Waals surface area contributed by atoms with E-state index >= 15 is 0 Å². The molecule has 1 heterocycles. The summed E-state index contributed by atoms with van der Waals surface area (Å²) in [6.45, 7) is 0.750. The molecule has 0 bridgehead atoms. The molecule has 1 atom stereocenters. The van der Waals surface area contributed by atoms with Gasteiger partial charge in [-0.2, -0.15) is 13.2 Å². The van der Waals surface area contributed by atoms with E-state index in [4.69, 9.17) is 4.42 Å². The third-order valence-corrected chi connectivity index (χ3v) is 3.27. The lowest BCUT2D eigenvalue weighted by Crippen LogP contribution is -2.21. The van der Waals surface area contributed by atoms with Crippen molar-refractivity contribution < 1.29 is 22.3 Å². The normalized spacial score (nSPS) is 13.8. The van der Waals surface area contributed by atoms with Crippen molar-refractivity contribution in [2.45, 2.75) is 25.6 Å². The average molecular weight is 301 g/mol. The molecule has 1 aromatic heterocycles. The molecule has 0 aliphatic rings. The van der Waals surface area contributed by atoms with Gasteiger partial charge in [0, 0.05) is 12.0 Å². The summed E-state index contributed by atoms with van der Waals surface area (Å²) in [5.74, 6) is 0.706. The minimum atomic E-state index is -4.29. The highest BCUT2D eigenvalue weighted by molar-refractivity contribution is 5.80. The number of hydrogen-bond donors (Lipinski definition) is 1. The number of aryl methyl sites for hydroxylation is 1. The molecule has 0 amide bonds. The number of alkyl halides is 3. The molecule has 116 valence electrons. The van der Waals surface area contributed by atoms with Crippen molar-refractivity contribution in [2.24, 2.45) is 0 Å². The van der Waals surface area contributed by atoms with Crippen LogP contribution < -0.4 is 5.32 Å². The van der Waals surface area contributed by atoms with Crippen LogP contribution in [0.3, 0.4) is 0 Å². The molecule has 2 rings (SSSR count). The van der Waals surface area contributed by atoms with E-state index < -0.39 is 12.8 Å². The Morgan fingerprint density at radius 3 is 2.71 bits per heavy atom. The Kier molecular flexibility index (Phi) is 4.90. The third kappa shape index (κ3) is 4.22. The van der Waals surface area contributed by atoms with E-state index in [0.717, 1.165) is 16.5 Å². The molecular formula is C15H18F3NO2. The summed E-state index contributed by atoms with van der Waals surface area (Å²) < 4.78 is 46.5. The van der Waals surface area contributed by atoms with Gasteiger partial charge in [-0.3, -0.25) is 0 Å². The zero-order valence-electron chi connectivity index (χ0n) is 12.0. The highest BCUT2D eigenvalue weighted by Gasteiger charge is 2.27. The second kappa shape index (κ2) is 6.49. The van der Waals surface area contributed by atoms with Gasteiger partial charge in [0.1, 0.15) is 18.0 Å². The quantitative estimate of drug-likeness (QED) is 0.820. The first-order chi connectivity index (χ1) is 9.90. The fourth-order valence-corrected chi connectivity index (χ4v) is 2.22. The maximum atomic E-state index is 12.0. The van der Waals surface area contributed by atoms with Crippen molar-refractivity contribution in [2.75, 3.05) is 20.3 Å². The number of rotatable bonds is 6. The fourth-order valence-electron chi connectivity index (χ4n) is 2.22. The Hall–Kier alpha value is -1.53. The van der Waals surface area contributed by atoms with Crippen molar-refractivity contribution in [1.82, 2.24) is 5.32 Å². The van der Waals surface area contributed by atoms with Gasteiger partial charge in [-0.25, -0.2) is 0 Å². The first kappa shape index (κ1) is 15.9. The molecule has 0 radical (unpaired) electrons. The van der Waals surface area contributed by atoms with Crippen LogP contribution in [0.1, 0.15) is 23.8 Å². The summed E-state index contributed by atoms with van der Waals surface area (Å²) in [5, 5.41) is 4.03. The van der Waals surface area contributed by atoms with Gasteiger partial charge in [0.15, 0.2) is 0 Å². The van der Waals surface area contributed by atoms with Crippen LogP contribution in [0.4, 0.5) is 13.2 Å². The van der Waals surface area contributed by atoms with Gasteiger partial charge >= 0.3 is 6.18 Å². The number of halogens is 3. The Labute approximate surface area is 121 Å². The summed E-state index contributed by atoms with van der Waals surface area (Å²) in [7, 11) is 1.74. The summed E-state index contributed by atoms with van der Waals surface area (Å²) in [5.41, 5.74) is 1.84. The molecule has 6 heteroatoms. The van der Waals surface area contributed by atoms with E-state index in [1.54, 1.807) is 7.05 Å². The van der Waals surface area contributed by atoms with Gasteiger partial charge in [0.25, 0.3) is 0 Å². The highest BCUT2D eigenvalue weighted by atomic mass is 19.4. The van der Waals surface area contributed by atoms with Crippen LogP contribution in [0.15, 0.2) is 28.7 Å². The molecule has 0 spiro atoms. The molecule has 0 fully saturated rings. The topological polar surface area (TPSA) is 34.4 Å². The minimum absolute atomic E-state index is 0.0149. The van der Waals surface area contributed by atoms with Crippen molar-refractivity contribution in [3.63, 3.8) is 0 Å². The molecular weight excluding hydrogens is 283 g/mol. The van der Waals surface area contributed by atoms with Crippen LogP contribution in [0.5, 0.6) is 0 Å². The van der Waals surface area contributed by atoms with Gasteiger partial charge in [-0.15, -0.1) is 0 Å². The SMILES string of the molecule is CNC(CCOCC(F)(F)F)c1cc2cccc(C)c2o1. The zero-order chi connectivity index (χ0) is 15.5. The molecule has 2 aromatic rings. The third-order valence-electron chi connectivity index (χ3n) is 3.27. The predicted molar refractivity (Wildman–Crippen MR) is 74.2 cm³/mol. The van der Waals surface area contributed by atoms with Crippen molar-refractivity contribution in [1.29, 1.82) is 0 Å². The molecule has 3 nitrogen and oxygen atoms in total. The van der Waals surface area contributed by atoms with Crippen LogP contribution in [0, 0.1) is 6.92 Å². The number of para-hydroxylation sites is 1. The maximum Gasteiger partial charge on any atom is 0.411 e. The number of furan rings is 1. The molecule has 1 unspecified atom stereocenters. The van der Waals surface area contributed by atoms with Gasteiger partial charge in [-0.05, 0) is 32.0 Å². The number of ether oxygens (including phenoxy) is 1. The Bertz CT molecular complexity index is 592. The smallest absolute Gasteiger partial charge is 0.411 e. The van der Waals surface area contributed by atoms with Gasteiger partial charge in [-0.1, -0.05) is 18.2 Å². The highest BCUT2D eigenvalue weighted by Crippen LogP contribution is 2.27. The van der Waals surface area contributed by atoms with E-state index in [9.17, 15) is 13.2 Å². The van der Waals surface area contributed by atoms with Gasteiger partial charge < -0.3 is 14.5 Å². The second-order valence-electron chi connectivity index (χ2n) is 4.94. The molecule has 0 saturated carbocycles. The first-order valence-electron chi connectivity index (χ1n) is 6.71. The second-order valence-corrected chi connectivity index (χ2v) is 4.94. The van der Waals surface area contributed by atoms with Crippen molar-refractivity contribution in [3.05, 3.63) is 35.6 Å².